The average molecular weight is 439 g/mol. The standard InChI is InChI=1S/C19H26N2O5S.CO2/c1-15-7-4-5-8-16(15)27(24,25)13-19(2,3)10-6-12-26-14-21-11-9-17(22)20-18(21)23;2-1-3/h4-5,7-9,11H,6,10,12-14H2,1-3H3,(H,20,22,23);. The van der Waals surface area contributed by atoms with Crippen LogP contribution in [-0.2, 0) is 30.9 Å². The zero-order valence-corrected chi connectivity index (χ0v) is 18.0. The number of aryl methyl sites for hydroxylation is 1. The minimum atomic E-state index is -3.36. The Labute approximate surface area is 174 Å². The first-order chi connectivity index (χ1) is 14.0. The van der Waals surface area contributed by atoms with E-state index in [0.717, 1.165) is 5.56 Å². The van der Waals surface area contributed by atoms with Crippen LogP contribution < -0.4 is 11.2 Å². The van der Waals surface area contributed by atoms with Crippen LogP contribution in [0.25, 0.3) is 0 Å². The van der Waals surface area contributed by atoms with Gasteiger partial charge in [0.1, 0.15) is 6.73 Å². The van der Waals surface area contributed by atoms with Gasteiger partial charge in [-0.25, -0.2) is 13.2 Å². The number of sulfone groups is 1. The topological polar surface area (TPSA) is 132 Å². The minimum absolute atomic E-state index is 0.0392. The molecule has 1 N–H and O–H groups in total. The first kappa shape index (κ1) is 25.2. The highest BCUT2D eigenvalue weighted by Crippen LogP contribution is 2.28. The molecule has 0 aliphatic carbocycles. The summed E-state index contributed by atoms with van der Waals surface area (Å²) >= 11 is 0. The molecule has 0 atom stereocenters. The Morgan fingerprint density at radius 2 is 1.77 bits per heavy atom. The molecular weight excluding hydrogens is 412 g/mol. The monoisotopic (exact) mass is 438 g/mol. The van der Waals surface area contributed by atoms with E-state index in [4.69, 9.17) is 14.3 Å². The molecule has 0 saturated heterocycles. The second kappa shape index (κ2) is 11.4. The van der Waals surface area contributed by atoms with Crippen molar-refractivity contribution >= 4 is 16.0 Å². The Hall–Kier alpha value is -2.81. The number of nitrogens with zero attached hydrogens (tertiary/aromatic N) is 1. The zero-order chi connectivity index (χ0) is 22.8. The van der Waals surface area contributed by atoms with Crippen LogP contribution in [0.1, 0.15) is 32.3 Å². The molecule has 0 unspecified atom stereocenters. The third-order valence-electron chi connectivity index (χ3n) is 4.28. The number of carbonyl (C=O) groups excluding carboxylic acids is 2. The van der Waals surface area contributed by atoms with Gasteiger partial charge in [-0.2, -0.15) is 9.59 Å². The van der Waals surface area contributed by atoms with Crippen LogP contribution >= 0.6 is 0 Å². The summed E-state index contributed by atoms with van der Waals surface area (Å²) in [6.07, 6.45) is 2.95. The number of nitrogens with one attached hydrogen (secondary N) is 1. The molecule has 0 saturated carbocycles. The lowest BCUT2D eigenvalue weighted by Gasteiger charge is -2.24. The first-order valence-electron chi connectivity index (χ1n) is 9.17. The molecule has 1 heterocycles. The van der Waals surface area contributed by atoms with E-state index in [1.165, 1.54) is 16.8 Å². The average Bonchev–Trinajstić information content (AvgIpc) is 2.63. The maximum atomic E-state index is 12.7. The van der Waals surface area contributed by atoms with Crippen molar-refractivity contribution < 1.29 is 22.7 Å². The first-order valence-corrected chi connectivity index (χ1v) is 10.8. The molecule has 10 heteroatoms. The molecule has 0 amide bonds. The van der Waals surface area contributed by atoms with Crippen molar-refractivity contribution in [1.29, 1.82) is 0 Å². The van der Waals surface area contributed by atoms with Gasteiger partial charge in [-0.3, -0.25) is 14.3 Å². The Kier molecular flexibility index (Phi) is 9.58. The van der Waals surface area contributed by atoms with Crippen molar-refractivity contribution in [3.63, 3.8) is 0 Å². The third-order valence-corrected chi connectivity index (χ3v) is 6.57. The lowest BCUT2D eigenvalue weighted by molar-refractivity contribution is -0.191. The molecule has 0 aliphatic heterocycles. The second-order valence-corrected chi connectivity index (χ2v) is 9.45. The molecule has 0 bridgehead atoms. The smallest absolute Gasteiger partial charge is 0.361 e. The molecule has 30 heavy (non-hydrogen) atoms. The van der Waals surface area contributed by atoms with Crippen LogP contribution in [0.2, 0.25) is 0 Å². The predicted octanol–water partition coefficient (Wildman–Crippen LogP) is 1.52. The number of aromatic amines is 1. The van der Waals surface area contributed by atoms with E-state index in [1.54, 1.807) is 25.1 Å². The van der Waals surface area contributed by atoms with E-state index < -0.39 is 26.5 Å². The quantitative estimate of drug-likeness (QED) is 0.587. The normalized spacial score (nSPS) is 11.3. The summed E-state index contributed by atoms with van der Waals surface area (Å²) in [6.45, 7) is 6.08. The van der Waals surface area contributed by atoms with Crippen LogP contribution in [0.5, 0.6) is 0 Å². The maximum absolute atomic E-state index is 12.7. The van der Waals surface area contributed by atoms with E-state index in [0.29, 0.717) is 24.3 Å². The van der Waals surface area contributed by atoms with Crippen molar-refractivity contribution in [2.45, 2.75) is 45.2 Å². The fourth-order valence-corrected chi connectivity index (χ4v) is 5.10. The molecular formula is C20H26N2O7S. The van der Waals surface area contributed by atoms with Gasteiger partial charge in [-0.05, 0) is 36.8 Å². The van der Waals surface area contributed by atoms with Crippen molar-refractivity contribution in [2.24, 2.45) is 5.41 Å². The molecule has 164 valence electrons. The lowest BCUT2D eigenvalue weighted by Crippen LogP contribution is -2.29. The Bertz CT molecular complexity index is 1080. The number of benzene rings is 1. The van der Waals surface area contributed by atoms with Gasteiger partial charge >= 0.3 is 11.8 Å². The fraction of sp³-hybridized carbons (Fsp3) is 0.450. The zero-order valence-electron chi connectivity index (χ0n) is 17.2. The minimum Gasteiger partial charge on any atom is -0.361 e. The molecule has 2 rings (SSSR count). The summed E-state index contributed by atoms with van der Waals surface area (Å²) in [7, 11) is -3.36. The summed E-state index contributed by atoms with van der Waals surface area (Å²) < 4.78 is 32.1. The van der Waals surface area contributed by atoms with Gasteiger partial charge in [-0.1, -0.05) is 32.0 Å². The number of hydrogen-bond acceptors (Lipinski definition) is 7. The largest absolute Gasteiger partial charge is 0.373 e. The summed E-state index contributed by atoms with van der Waals surface area (Å²) in [5.41, 5.74) is -0.623. The lowest BCUT2D eigenvalue weighted by atomic mass is 9.90. The summed E-state index contributed by atoms with van der Waals surface area (Å²) in [5, 5.41) is 0. The van der Waals surface area contributed by atoms with Crippen molar-refractivity contribution in [3.8, 4) is 0 Å². The molecule has 0 aliphatic rings. The Morgan fingerprint density at radius 3 is 2.37 bits per heavy atom. The van der Waals surface area contributed by atoms with E-state index >= 15 is 0 Å². The van der Waals surface area contributed by atoms with E-state index in [2.05, 4.69) is 4.98 Å². The molecule has 1 aromatic carbocycles. The van der Waals surface area contributed by atoms with E-state index in [-0.39, 0.29) is 18.6 Å². The number of rotatable bonds is 9. The number of aromatic nitrogens is 2. The van der Waals surface area contributed by atoms with Gasteiger partial charge in [0.05, 0.1) is 10.6 Å². The molecule has 1 aromatic heterocycles. The molecule has 0 spiro atoms. The van der Waals surface area contributed by atoms with Crippen molar-refractivity contribution in [1.82, 2.24) is 9.55 Å². The van der Waals surface area contributed by atoms with Crippen LogP contribution in [0, 0.1) is 12.3 Å². The van der Waals surface area contributed by atoms with Gasteiger partial charge in [0, 0.05) is 18.9 Å². The number of hydrogen-bond donors (Lipinski definition) is 1. The van der Waals surface area contributed by atoms with Crippen LogP contribution in [0.15, 0.2) is 51.0 Å². The SMILES string of the molecule is Cc1ccccc1S(=O)(=O)CC(C)(C)CCCOCn1ccc(=O)[nH]c1=O.O=C=O. The molecule has 9 nitrogen and oxygen atoms in total. The van der Waals surface area contributed by atoms with Crippen LogP contribution in [0.3, 0.4) is 0 Å². The number of ether oxygens (including phenoxy) is 1. The summed E-state index contributed by atoms with van der Waals surface area (Å²) in [6, 6.07) is 8.26. The third kappa shape index (κ3) is 8.28. The predicted molar refractivity (Wildman–Crippen MR) is 109 cm³/mol. The summed E-state index contributed by atoms with van der Waals surface area (Å²) in [4.78, 5) is 41.3. The highest BCUT2D eigenvalue weighted by Gasteiger charge is 2.28. The Morgan fingerprint density at radius 1 is 1.13 bits per heavy atom. The van der Waals surface area contributed by atoms with Crippen LogP contribution in [-0.4, -0.2) is 36.5 Å². The van der Waals surface area contributed by atoms with E-state index in [1.807, 2.05) is 19.9 Å². The van der Waals surface area contributed by atoms with Gasteiger partial charge in [0.25, 0.3) is 5.56 Å². The van der Waals surface area contributed by atoms with Crippen molar-refractivity contribution in [3.05, 3.63) is 62.9 Å². The second-order valence-electron chi connectivity index (χ2n) is 7.49. The van der Waals surface area contributed by atoms with E-state index in [9.17, 15) is 18.0 Å². The summed E-state index contributed by atoms with van der Waals surface area (Å²) in [5.74, 6) is 0.0598. The fourth-order valence-electron chi connectivity index (χ4n) is 2.93. The molecule has 0 radical (unpaired) electrons. The van der Waals surface area contributed by atoms with Crippen molar-refractivity contribution in [2.75, 3.05) is 12.4 Å². The molecule has 0 fully saturated rings. The highest BCUT2D eigenvalue weighted by atomic mass is 32.2. The Balaban J connectivity index is 0.00000141. The van der Waals surface area contributed by atoms with Gasteiger partial charge in [-0.15, -0.1) is 0 Å². The highest BCUT2D eigenvalue weighted by molar-refractivity contribution is 7.91. The van der Waals surface area contributed by atoms with Gasteiger partial charge in [0.2, 0.25) is 0 Å². The maximum Gasteiger partial charge on any atom is 0.373 e. The van der Waals surface area contributed by atoms with Crippen LogP contribution in [0.4, 0.5) is 0 Å². The van der Waals surface area contributed by atoms with Gasteiger partial charge < -0.3 is 4.74 Å². The number of H-pyrrole nitrogens is 1. The van der Waals surface area contributed by atoms with Gasteiger partial charge in [0.15, 0.2) is 9.84 Å². The molecule has 2 aromatic rings.